The maximum atomic E-state index is 10.4. The normalized spacial score (nSPS) is 34.5. The molecule has 0 aliphatic carbocycles. The fourth-order valence-electron chi connectivity index (χ4n) is 2.65. The Morgan fingerprint density at radius 1 is 1.30 bits per heavy atom. The summed E-state index contributed by atoms with van der Waals surface area (Å²) < 4.78 is 11.7. The second kappa shape index (κ2) is 6.64. The molecule has 0 radical (unpaired) electrons. The molecule has 1 fully saturated rings. The largest absolute Gasteiger partial charge is 0.472 e. The third-order valence-corrected chi connectivity index (χ3v) is 5.18. The summed E-state index contributed by atoms with van der Waals surface area (Å²) in [6, 6.07) is 4.89. The van der Waals surface area contributed by atoms with Crippen LogP contribution in [-0.4, -0.2) is 75.3 Å². The number of aliphatic hydroxyl groups excluding tert-OH is 2. The Hall–Kier alpha value is -1.35. The molecular formula is C15H21N3O4S. The quantitative estimate of drug-likeness (QED) is 0.820. The van der Waals surface area contributed by atoms with E-state index in [1.54, 1.807) is 25.3 Å². The third kappa shape index (κ3) is 3.30. The first kappa shape index (κ1) is 16.5. The minimum atomic E-state index is -1.07. The fourth-order valence-corrected chi connectivity index (χ4v) is 3.80. The van der Waals surface area contributed by atoms with Crippen molar-refractivity contribution in [1.29, 1.82) is 0 Å². The van der Waals surface area contributed by atoms with Gasteiger partial charge in [-0.3, -0.25) is 4.99 Å². The van der Waals surface area contributed by atoms with Crippen molar-refractivity contribution in [2.45, 2.75) is 42.8 Å². The van der Waals surface area contributed by atoms with Crippen molar-refractivity contribution in [2.75, 3.05) is 14.1 Å². The van der Waals surface area contributed by atoms with E-state index in [1.165, 1.54) is 11.8 Å². The predicted molar refractivity (Wildman–Crippen MR) is 87.5 cm³/mol. The Morgan fingerprint density at radius 2 is 2.09 bits per heavy atom. The van der Waals surface area contributed by atoms with Crippen molar-refractivity contribution in [1.82, 2.24) is 9.88 Å². The number of ether oxygens (including phenoxy) is 2. The Kier molecular flexibility index (Phi) is 4.77. The smallest absolute Gasteiger partial charge is 0.213 e. The van der Waals surface area contributed by atoms with E-state index >= 15 is 0 Å². The van der Waals surface area contributed by atoms with Crippen LogP contribution in [0.25, 0.3) is 0 Å². The summed E-state index contributed by atoms with van der Waals surface area (Å²) >= 11 is 1.45. The van der Waals surface area contributed by atoms with Gasteiger partial charge in [-0.2, -0.15) is 0 Å². The molecule has 2 aliphatic rings. The molecule has 0 bridgehead atoms. The number of nitrogens with zero attached hydrogens (tertiary/aromatic N) is 3. The maximum absolute atomic E-state index is 10.4. The molecule has 0 amide bonds. The van der Waals surface area contributed by atoms with Gasteiger partial charge in [-0.25, -0.2) is 4.98 Å². The molecule has 0 unspecified atom stereocenters. The number of rotatable bonds is 3. The zero-order valence-corrected chi connectivity index (χ0v) is 14.1. The average Bonchev–Trinajstić information content (AvgIpc) is 2.96. The standard InChI is InChI=1S/C15H21N3O4S/c1-8(21-9-6-4-5-7-16-9)13-12(20)11(19)10-14(22-13)23-15(17-10)18(2)3/h4-8,10-14,19-20H,1-3H3/t8-,10+,11+,12-,13+,14+/m0/s1. The van der Waals surface area contributed by atoms with Crippen LogP contribution in [0.15, 0.2) is 29.4 Å². The molecule has 1 aromatic heterocycles. The maximum Gasteiger partial charge on any atom is 0.213 e. The van der Waals surface area contributed by atoms with E-state index in [-0.39, 0.29) is 5.44 Å². The van der Waals surface area contributed by atoms with Gasteiger partial charge in [0.15, 0.2) is 5.17 Å². The van der Waals surface area contributed by atoms with Gasteiger partial charge in [0.1, 0.15) is 35.9 Å². The van der Waals surface area contributed by atoms with Crippen LogP contribution in [0.1, 0.15) is 6.92 Å². The highest BCUT2D eigenvalue weighted by atomic mass is 32.2. The van der Waals surface area contributed by atoms with Gasteiger partial charge in [0.2, 0.25) is 5.88 Å². The molecule has 0 aromatic carbocycles. The van der Waals surface area contributed by atoms with Crippen LogP contribution in [0.4, 0.5) is 0 Å². The number of aliphatic imine (C=N–C) groups is 1. The molecule has 0 spiro atoms. The molecule has 8 heteroatoms. The van der Waals surface area contributed by atoms with E-state index in [9.17, 15) is 10.2 Å². The number of aliphatic hydroxyl groups is 2. The first-order chi connectivity index (χ1) is 11.0. The van der Waals surface area contributed by atoms with Gasteiger partial charge in [0.25, 0.3) is 0 Å². The SMILES string of the molecule is C[C@H](Oc1ccccn1)[C@H]1O[C@@H]2SC(N(C)C)=N[C@@H]2[C@@H](O)[C@@H]1O. The number of hydrogen-bond acceptors (Lipinski definition) is 8. The van der Waals surface area contributed by atoms with Crippen LogP contribution in [0.5, 0.6) is 5.88 Å². The number of amidine groups is 1. The van der Waals surface area contributed by atoms with E-state index in [0.717, 1.165) is 5.17 Å². The minimum absolute atomic E-state index is 0.328. The molecular weight excluding hydrogens is 318 g/mol. The summed E-state index contributed by atoms with van der Waals surface area (Å²) in [5.74, 6) is 0.455. The summed E-state index contributed by atoms with van der Waals surface area (Å²) in [6.45, 7) is 1.79. The monoisotopic (exact) mass is 339 g/mol. The Bertz CT molecular complexity index is 571. The molecule has 23 heavy (non-hydrogen) atoms. The lowest BCUT2D eigenvalue weighted by atomic mass is 9.95. The number of hydrogen-bond donors (Lipinski definition) is 2. The molecule has 1 aromatic rings. The zero-order chi connectivity index (χ0) is 16.6. The van der Waals surface area contributed by atoms with Gasteiger partial charge < -0.3 is 24.6 Å². The van der Waals surface area contributed by atoms with Gasteiger partial charge in [-0.05, 0) is 13.0 Å². The lowest BCUT2D eigenvalue weighted by Crippen LogP contribution is -2.58. The van der Waals surface area contributed by atoms with Crippen molar-refractivity contribution in [3.8, 4) is 5.88 Å². The van der Waals surface area contributed by atoms with Crippen LogP contribution < -0.4 is 4.74 Å². The summed E-state index contributed by atoms with van der Waals surface area (Å²) in [5, 5.41) is 21.6. The van der Waals surface area contributed by atoms with Gasteiger partial charge in [0.05, 0.1) is 0 Å². The highest BCUT2D eigenvalue weighted by Crippen LogP contribution is 2.38. The number of thioether (sulfide) groups is 1. The average molecular weight is 339 g/mol. The van der Waals surface area contributed by atoms with Crippen LogP contribution in [-0.2, 0) is 4.74 Å². The predicted octanol–water partition coefficient (Wildman–Crippen LogP) is 0.329. The number of aromatic nitrogens is 1. The summed E-state index contributed by atoms with van der Waals surface area (Å²) in [5.41, 5.74) is -0.328. The highest BCUT2D eigenvalue weighted by Gasteiger charge is 2.50. The molecule has 2 N–H and O–H groups in total. The highest BCUT2D eigenvalue weighted by molar-refractivity contribution is 8.14. The fraction of sp³-hybridized carbons (Fsp3) is 0.600. The molecule has 6 atom stereocenters. The zero-order valence-electron chi connectivity index (χ0n) is 13.2. The van der Waals surface area contributed by atoms with Gasteiger partial charge in [-0.15, -0.1) is 0 Å². The first-order valence-electron chi connectivity index (χ1n) is 7.48. The third-order valence-electron chi connectivity index (χ3n) is 3.88. The molecule has 126 valence electrons. The molecule has 3 rings (SSSR count). The van der Waals surface area contributed by atoms with E-state index in [4.69, 9.17) is 9.47 Å². The van der Waals surface area contributed by atoms with E-state index < -0.39 is 30.5 Å². The van der Waals surface area contributed by atoms with Gasteiger partial charge >= 0.3 is 0 Å². The topological polar surface area (TPSA) is 87.4 Å². The molecule has 7 nitrogen and oxygen atoms in total. The van der Waals surface area contributed by atoms with Crippen LogP contribution >= 0.6 is 11.8 Å². The van der Waals surface area contributed by atoms with E-state index in [0.29, 0.717) is 5.88 Å². The van der Waals surface area contributed by atoms with E-state index in [2.05, 4.69) is 9.98 Å². The van der Waals surface area contributed by atoms with Crippen LogP contribution in [0, 0.1) is 0 Å². The van der Waals surface area contributed by atoms with Crippen molar-refractivity contribution >= 4 is 16.9 Å². The van der Waals surface area contributed by atoms with Crippen molar-refractivity contribution in [3.63, 3.8) is 0 Å². The van der Waals surface area contributed by atoms with Crippen molar-refractivity contribution in [3.05, 3.63) is 24.4 Å². The second-order valence-corrected chi connectivity index (χ2v) is 6.92. The number of pyridine rings is 1. The van der Waals surface area contributed by atoms with Crippen LogP contribution in [0.3, 0.4) is 0 Å². The van der Waals surface area contributed by atoms with E-state index in [1.807, 2.05) is 25.1 Å². The summed E-state index contributed by atoms with van der Waals surface area (Å²) in [7, 11) is 3.77. The summed E-state index contributed by atoms with van der Waals surface area (Å²) in [4.78, 5) is 10.4. The molecule has 3 heterocycles. The van der Waals surface area contributed by atoms with Crippen molar-refractivity contribution in [2.24, 2.45) is 4.99 Å². The minimum Gasteiger partial charge on any atom is -0.472 e. The Labute approximate surface area is 139 Å². The first-order valence-corrected chi connectivity index (χ1v) is 8.36. The van der Waals surface area contributed by atoms with Gasteiger partial charge in [0, 0.05) is 26.4 Å². The van der Waals surface area contributed by atoms with Crippen LogP contribution in [0.2, 0.25) is 0 Å². The Morgan fingerprint density at radius 3 is 2.74 bits per heavy atom. The second-order valence-electron chi connectivity index (χ2n) is 5.86. The van der Waals surface area contributed by atoms with Crippen molar-refractivity contribution < 1.29 is 19.7 Å². The molecule has 2 aliphatic heterocycles. The Balaban J connectivity index is 1.71. The lowest BCUT2D eigenvalue weighted by Gasteiger charge is -2.40. The van der Waals surface area contributed by atoms with Gasteiger partial charge in [-0.1, -0.05) is 17.8 Å². The number of fused-ring (bicyclic) bond motifs is 1. The lowest BCUT2D eigenvalue weighted by molar-refractivity contribution is -0.177. The molecule has 0 saturated carbocycles. The molecule has 1 saturated heterocycles. The summed E-state index contributed by atoms with van der Waals surface area (Å²) in [6.07, 6.45) is -1.54.